The number of nitrogens with zero attached hydrogens (tertiary/aromatic N) is 1. The van der Waals surface area contributed by atoms with Gasteiger partial charge < -0.3 is 14.2 Å². The van der Waals surface area contributed by atoms with Crippen molar-refractivity contribution in [2.24, 2.45) is 0 Å². The van der Waals surface area contributed by atoms with Gasteiger partial charge in [-0.05, 0) is 19.1 Å². The lowest BCUT2D eigenvalue weighted by molar-refractivity contribution is -0.119. The number of methoxy groups -OCH3 is 2. The monoisotopic (exact) mass is 446 g/mol. The summed E-state index contributed by atoms with van der Waals surface area (Å²) in [6.45, 7) is 1.54. The van der Waals surface area contributed by atoms with E-state index in [0.717, 1.165) is 16.8 Å². The normalized spacial score (nSPS) is 10.4. The van der Waals surface area contributed by atoms with Crippen LogP contribution in [0.5, 0.6) is 11.5 Å². The molecule has 1 amide bonds. The van der Waals surface area contributed by atoms with Gasteiger partial charge in [-0.15, -0.1) is 11.3 Å². The number of anilines is 1. The standard InChI is InChI=1S/C21H19ClN2O5S/c1-12-4-6-13(7-5-12)16-11-30-21(23-16)24-18(25)10-29-20(26)14-8-15(22)19(28-3)17(9-14)27-2/h4-9,11H,10H2,1-3H3,(H,23,24,25). The fourth-order valence-electron chi connectivity index (χ4n) is 2.59. The molecule has 0 radical (unpaired) electrons. The number of nitrogens with one attached hydrogen (secondary N) is 1. The van der Waals surface area contributed by atoms with E-state index in [4.69, 9.17) is 25.8 Å². The number of esters is 1. The number of rotatable bonds is 7. The van der Waals surface area contributed by atoms with Crippen LogP contribution in [0.25, 0.3) is 11.3 Å². The molecule has 0 bridgehead atoms. The topological polar surface area (TPSA) is 86.8 Å². The lowest BCUT2D eigenvalue weighted by Crippen LogP contribution is -2.20. The summed E-state index contributed by atoms with van der Waals surface area (Å²) in [5.74, 6) is -0.623. The van der Waals surface area contributed by atoms with Crippen LogP contribution in [0.4, 0.5) is 5.13 Å². The molecule has 1 N–H and O–H groups in total. The highest BCUT2D eigenvalue weighted by Crippen LogP contribution is 2.36. The largest absolute Gasteiger partial charge is 0.493 e. The molecule has 156 valence electrons. The van der Waals surface area contributed by atoms with E-state index in [1.54, 1.807) is 0 Å². The molecule has 1 heterocycles. The number of aryl methyl sites for hydroxylation is 1. The molecule has 0 unspecified atom stereocenters. The van der Waals surface area contributed by atoms with E-state index in [9.17, 15) is 9.59 Å². The highest BCUT2D eigenvalue weighted by molar-refractivity contribution is 7.14. The van der Waals surface area contributed by atoms with E-state index >= 15 is 0 Å². The first-order valence-electron chi connectivity index (χ1n) is 8.82. The Labute approximate surface area is 182 Å². The zero-order valence-corrected chi connectivity index (χ0v) is 18.1. The Morgan fingerprint density at radius 3 is 2.53 bits per heavy atom. The molecule has 3 aromatic rings. The van der Waals surface area contributed by atoms with Gasteiger partial charge in [0, 0.05) is 10.9 Å². The molecule has 0 fully saturated rings. The van der Waals surface area contributed by atoms with E-state index in [1.807, 2.05) is 36.6 Å². The van der Waals surface area contributed by atoms with Gasteiger partial charge in [0.25, 0.3) is 5.91 Å². The van der Waals surface area contributed by atoms with Crippen LogP contribution >= 0.6 is 22.9 Å². The number of carbonyl (C=O) groups excluding carboxylic acids is 2. The fourth-order valence-corrected chi connectivity index (χ4v) is 3.62. The smallest absolute Gasteiger partial charge is 0.338 e. The van der Waals surface area contributed by atoms with Crippen molar-refractivity contribution in [1.82, 2.24) is 4.98 Å². The summed E-state index contributed by atoms with van der Waals surface area (Å²) in [5.41, 5.74) is 3.00. The minimum atomic E-state index is -0.715. The number of ether oxygens (including phenoxy) is 3. The van der Waals surface area contributed by atoms with Gasteiger partial charge in [-0.2, -0.15) is 0 Å². The zero-order valence-electron chi connectivity index (χ0n) is 16.5. The van der Waals surface area contributed by atoms with Crippen molar-refractivity contribution in [3.05, 3.63) is 57.9 Å². The van der Waals surface area contributed by atoms with Gasteiger partial charge in [-0.3, -0.25) is 10.1 Å². The van der Waals surface area contributed by atoms with Crippen molar-refractivity contribution in [2.75, 3.05) is 26.1 Å². The van der Waals surface area contributed by atoms with Crippen LogP contribution in [0.3, 0.4) is 0 Å². The highest BCUT2D eigenvalue weighted by atomic mass is 35.5. The number of hydrogen-bond donors (Lipinski definition) is 1. The van der Waals surface area contributed by atoms with Gasteiger partial charge in [0.15, 0.2) is 23.2 Å². The van der Waals surface area contributed by atoms with Crippen LogP contribution in [0.1, 0.15) is 15.9 Å². The first-order chi connectivity index (χ1) is 14.4. The van der Waals surface area contributed by atoms with E-state index in [0.29, 0.717) is 10.9 Å². The van der Waals surface area contributed by atoms with Gasteiger partial charge in [0.2, 0.25) is 0 Å². The molecule has 7 nitrogen and oxygen atoms in total. The van der Waals surface area contributed by atoms with E-state index in [1.165, 1.54) is 37.7 Å². The summed E-state index contributed by atoms with van der Waals surface area (Å²) < 4.78 is 15.3. The third-order valence-electron chi connectivity index (χ3n) is 4.10. The van der Waals surface area contributed by atoms with Gasteiger partial charge in [0.1, 0.15) is 0 Å². The summed E-state index contributed by atoms with van der Waals surface area (Å²) in [6.07, 6.45) is 0. The molecule has 2 aromatic carbocycles. The molecule has 0 spiro atoms. The number of hydrogen-bond acceptors (Lipinski definition) is 7. The van der Waals surface area contributed by atoms with Crippen molar-refractivity contribution in [2.45, 2.75) is 6.92 Å². The quantitative estimate of drug-likeness (QED) is 0.534. The third-order valence-corrected chi connectivity index (χ3v) is 5.14. The summed E-state index contributed by atoms with van der Waals surface area (Å²) in [5, 5.41) is 5.08. The summed E-state index contributed by atoms with van der Waals surface area (Å²) in [6, 6.07) is 10.7. The second-order valence-electron chi connectivity index (χ2n) is 6.22. The molecular formula is C21H19ClN2O5S. The number of thiazole rings is 1. The van der Waals surface area contributed by atoms with Crippen LogP contribution in [0, 0.1) is 6.92 Å². The number of carbonyl (C=O) groups is 2. The Morgan fingerprint density at radius 1 is 1.13 bits per heavy atom. The minimum Gasteiger partial charge on any atom is -0.493 e. The van der Waals surface area contributed by atoms with E-state index in [2.05, 4.69) is 10.3 Å². The molecular weight excluding hydrogens is 428 g/mol. The van der Waals surface area contributed by atoms with Crippen molar-refractivity contribution >= 4 is 39.9 Å². The molecule has 3 rings (SSSR count). The van der Waals surface area contributed by atoms with E-state index < -0.39 is 18.5 Å². The highest BCUT2D eigenvalue weighted by Gasteiger charge is 2.17. The Morgan fingerprint density at radius 2 is 1.87 bits per heavy atom. The van der Waals surface area contributed by atoms with E-state index in [-0.39, 0.29) is 16.3 Å². The molecule has 0 saturated carbocycles. The van der Waals surface area contributed by atoms with Crippen LogP contribution in [-0.4, -0.2) is 37.7 Å². The Hall–Kier alpha value is -3.10. The molecule has 0 saturated heterocycles. The maximum atomic E-state index is 12.3. The van der Waals surface area contributed by atoms with Crippen molar-refractivity contribution < 1.29 is 23.8 Å². The molecule has 0 aliphatic rings. The Bertz CT molecular complexity index is 1070. The SMILES string of the molecule is COc1cc(C(=O)OCC(=O)Nc2nc(-c3ccc(C)cc3)cs2)cc(Cl)c1OC. The maximum Gasteiger partial charge on any atom is 0.338 e. The molecule has 0 aliphatic heterocycles. The molecule has 1 aromatic heterocycles. The van der Waals surface area contributed by atoms with Crippen molar-refractivity contribution in [3.63, 3.8) is 0 Å². The number of aromatic nitrogens is 1. The Balaban J connectivity index is 1.59. The average molecular weight is 447 g/mol. The summed E-state index contributed by atoms with van der Waals surface area (Å²) in [4.78, 5) is 28.8. The first kappa shape index (κ1) is 21.6. The van der Waals surface area contributed by atoms with Crippen LogP contribution < -0.4 is 14.8 Å². The maximum absolute atomic E-state index is 12.3. The molecule has 30 heavy (non-hydrogen) atoms. The zero-order chi connectivity index (χ0) is 21.7. The van der Waals surface area contributed by atoms with Gasteiger partial charge in [-0.25, -0.2) is 9.78 Å². The fraction of sp³-hybridized carbons (Fsp3) is 0.190. The van der Waals surface area contributed by atoms with Gasteiger partial charge in [-0.1, -0.05) is 41.4 Å². The second kappa shape index (κ2) is 9.60. The lowest BCUT2D eigenvalue weighted by atomic mass is 10.1. The summed E-state index contributed by atoms with van der Waals surface area (Å²) in [7, 11) is 2.87. The predicted octanol–water partition coefficient (Wildman–Crippen LogP) is 4.58. The molecule has 9 heteroatoms. The first-order valence-corrected chi connectivity index (χ1v) is 10.1. The Kier molecular flexibility index (Phi) is 6.91. The van der Waals surface area contributed by atoms with Gasteiger partial charge >= 0.3 is 5.97 Å². The number of benzene rings is 2. The van der Waals surface area contributed by atoms with Crippen LogP contribution in [-0.2, 0) is 9.53 Å². The molecule has 0 atom stereocenters. The summed E-state index contributed by atoms with van der Waals surface area (Å²) >= 11 is 7.38. The number of amides is 1. The predicted molar refractivity (Wildman–Crippen MR) is 116 cm³/mol. The van der Waals surface area contributed by atoms with Gasteiger partial charge in [0.05, 0.1) is 30.5 Å². The van der Waals surface area contributed by atoms with Crippen LogP contribution in [0.2, 0.25) is 5.02 Å². The van der Waals surface area contributed by atoms with Crippen molar-refractivity contribution in [3.8, 4) is 22.8 Å². The number of halogens is 1. The third kappa shape index (κ3) is 5.08. The van der Waals surface area contributed by atoms with Crippen molar-refractivity contribution in [1.29, 1.82) is 0 Å². The second-order valence-corrected chi connectivity index (χ2v) is 7.49. The van der Waals surface area contributed by atoms with Crippen LogP contribution in [0.15, 0.2) is 41.8 Å². The molecule has 0 aliphatic carbocycles. The average Bonchev–Trinajstić information content (AvgIpc) is 3.20. The minimum absolute atomic E-state index is 0.140. The lowest BCUT2D eigenvalue weighted by Gasteiger charge is -2.11.